The van der Waals surface area contributed by atoms with Crippen LogP contribution in [0.1, 0.15) is 18.1 Å². The van der Waals surface area contributed by atoms with Gasteiger partial charge in [-0.3, -0.25) is 0 Å². The normalized spacial score (nSPS) is 12.1. The number of nitrogens with two attached hydrogens (primary N) is 1. The maximum absolute atomic E-state index is 9.15. The van der Waals surface area contributed by atoms with Crippen molar-refractivity contribution in [3.05, 3.63) is 35.4 Å². The lowest BCUT2D eigenvalue weighted by atomic mass is 10.1. The van der Waals surface area contributed by atoms with Crippen molar-refractivity contribution in [1.29, 1.82) is 5.26 Å². The number of benzene rings is 1. The van der Waals surface area contributed by atoms with E-state index in [0.29, 0.717) is 17.9 Å². The number of aromatic nitrogens is 1. The van der Waals surface area contributed by atoms with Gasteiger partial charge in [0.15, 0.2) is 0 Å². The number of nitrogens with zero attached hydrogens (tertiary/aromatic N) is 2. The Morgan fingerprint density at radius 1 is 1.50 bits per heavy atom. The summed E-state index contributed by atoms with van der Waals surface area (Å²) in [5, 5.41) is 13.3. The van der Waals surface area contributed by atoms with E-state index in [1.54, 1.807) is 0 Å². The lowest BCUT2D eigenvalue weighted by Gasteiger charge is -2.11. The lowest BCUT2D eigenvalue weighted by Crippen LogP contribution is -2.25. The van der Waals surface area contributed by atoms with Crippen molar-refractivity contribution in [1.82, 2.24) is 4.98 Å². The van der Waals surface area contributed by atoms with Crippen molar-refractivity contribution < 1.29 is 0 Å². The first-order valence-electron chi connectivity index (χ1n) is 5.91. The second-order valence-corrected chi connectivity index (χ2v) is 4.50. The van der Waals surface area contributed by atoms with Crippen molar-refractivity contribution in [2.45, 2.75) is 19.9 Å². The summed E-state index contributed by atoms with van der Waals surface area (Å²) in [6, 6.07) is 9.99. The molecule has 0 aliphatic rings. The first kappa shape index (κ1) is 12.3. The van der Waals surface area contributed by atoms with Crippen LogP contribution in [0.4, 0.5) is 5.82 Å². The van der Waals surface area contributed by atoms with Crippen LogP contribution < -0.4 is 11.1 Å². The monoisotopic (exact) mass is 240 g/mol. The Labute approximate surface area is 106 Å². The van der Waals surface area contributed by atoms with Crippen LogP contribution in [-0.4, -0.2) is 17.6 Å². The van der Waals surface area contributed by atoms with Gasteiger partial charge in [0, 0.05) is 18.0 Å². The molecule has 0 aliphatic carbocycles. The molecule has 0 aliphatic heterocycles. The molecule has 4 heteroatoms. The van der Waals surface area contributed by atoms with Gasteiger partial charge in [0.2, 0.25) is 0 Å². The molecule has 1 heterocycles. The van der Waals surface area contributed by atoms with E-state index in [9.17, 15) is 0 Å². The zero-order valence-electron chi connectivity index (χ0n) is 10.6. The molecule has 0 bridgehead atoms. The van der Waals surface area contributed by atoms with Crippen molar-refractivity contribution in [3.63, 3.8) is 0 Å². The summed E-state index contributed by atoms with van der Waals surface area (Å²) in [7, 11) is 0. The van der Waals surface area contributed by atoms with Gasteiger partial charge in [0.25, 0.3) is 0 Å². The number of nitrogens with one attached hydrogen (secondary N) is 1. The van der Waals surface area contributed by atoms with E-state index in [-0.39, 0.29) is 6.04 Å². The Kier molecular flexibility index (Phi) is 3.45. The van der Waals surface area contributed by atoms with Gasteiger partial charge in [-0.05, 0) is 25.5 Å². The van der Waals surface area contributed by atoms with Crippen molar-refractivity contribution in [2.75, 3.05) is 11.9 Å². The number of anilines is 1. The predicted molar refractivity (Wildman–Crippen MR) is 73.3 cm³/mol. The van der Waals surface area contributed by atoms with E-state index in [1.165, 1.54) is 0 Å². The first-order chi connectivity index (χ1) is 8.61. The molecule has 92 valence electrons. The van der Waals surface area contributed by atoms with Gasteiger partial charge in [-0.25, -0.2) is 4.98 Å². The van der Waals surface area contributed by atoms with Crippen LogP contribution in [0, 0.1) is 18.3 Å². The Hall–Kier alpha value is -2.12. The number of nitriles is 1. The van der Waals surface area contributed by atoms with Gasteiger partial charge in [-0.15, -0.1) is 0 Å². The predicted octanol–water partition coefficient (Wildman–Crippen LogP) is 2.17. The minimum Gasteiger partial charge on any atom is -0.367 e. The zero-order valence-corrected chi connectivity index (χ0v) is 10.6. The number of hydrogen-bond donors (Lipinski definition) is 2. The summed E-state index contributed by atoms with van der Waals surface area (Å²) in [6.07, 6.45) is 0. The average Bonchev–Trinajstić information content (AvgIpc) is 2.36. The third kappa shape index (κ3) is 2.41. The fourth-order valence-corrected chi connectivity index (χ4v) is 1.82. The minimum absolute atomic E-state index is 0.0194. The molecule has 1 aromatic heterocycles. The van der Waals surface area contributed by atoms with Crippen molar-refractivity contribution in [2.24, 2.45) is 5.73 Å². The first-order valence-corrected chi connectivity index (χ1v) is 5.91. The molecule has 0 saturated heterocycles. The number of pyridine rings is 1. The van der Waals surface area contributed by atoms with Crippen LogP contribution in [-0.2, 0) is 0 Å². The highest BCUT2D eigenvalue weighted by Crippen LogP contribution is 2.22. The van der Waals surface area contributed by atoms with Gasteiger partial charge >= 0.3 is 0 Å². The molecule has 1 aromatic carbocycles. The van der Waals surface area contributed by atoms with Gasteiger partial charge in [-0.2, -0.15) is 5.26 Å². The summed E-state index contributed by atoms with van der Waals surface area (Å²) >= 11 is 0. The Balaban J connectivity index is 2.51. The van der Waals surface area contributed by atoms with E-state index in [4.69, 9.17) is 11.0 Å². The van der Waals surface area contributed by atoms with Crippen LogP contribution in [0.15, 0.2) is 24.3 Å². The topological polar surface area (TPSA) is 74.7 Å². The van der Waals surface area contributed by atoms with Crippen molar-refractivity contribution in [3.8, 4) is 6.07 Å². The van der Waals surface area contributed by atoms with Crippen LogP contribution in [0.5, 0.6) is 0 Å². The smallest absolute Gasteiger partial charge is 0.144 e. The average molecular weight is 240 g/mol. The van der Waals surface area contributed by atoms with Crippen molar-refractivity contribution >= 4 is 16.7 Å². The molecule has 1 atom stereocenters. The Morgan fingerprint density at radius 2 is 2.28 bits per heavy atom. The zero-order chi connectivity index (χ0) is 13.1. The summed E-state index contributed by atoms with van der Waals surface area (Å²) in [6.45, 7) is 4.52. The molecule has 0 radical (unpaired) electrons. The number of fused-ring (bicyclic) bond motifs is 1. The van der Waals surface area contributed by atoms with Crippen LogP contribution >= 0.6 is 0 Å². The fraction of sp³-hybridized carbons (Fsp3) is 0.286. The quantitative estimate of drug-likeness (QED) is 0.862. The molecule has 2 aromatic rings. The SMILES string of the molecule is Cc1cccc2cc(C#N)c(NCC(C)N)nc12. The molecular weight excluding hydrogens is 224 g/mol. The summed E-state index contributed by atoms with van der Waals surface area (Å²) in [4.78, 5) is 4.53. The summed E-state index contributed by atoms with van der Waals surface area (Å²) < 4.78 is 0. The van der Waals surface area contributed by atoms with E-state index in [0.717, 1.165) is 16.5 Å². The van der Waals surface area contributed by atoms with E-state index in [2.05, 4.69) is 16.4 Å². The molecule has 2 rings (SSSR count). The molecule has 3 N–H and O–H groups in total. The second-order valence-electron chi connectivity index (χ2n) is 4.50. The molecule has 0 fully saturated rings. The second kappa shape index (κ2) is 5.03. The van der Waals surface area contributed by atoms with Gasteiger partial charge in [0.05, 0.1) is 11.1 Å². The van der Waals surface area contributed by atoms with Gasteiger partial charge < -0.3 is 11.1 Å². The molecule has 0 saturated carbocycles. The number of rotatable bonds is 3. The third-order valence-electron chi connectivity index (χ3n) is 2.76. The minimum atomic E-state index is 0.0194. The number of para-hydroxylation sites is 1. The van der Waals surface area contributed by atoms with Gasteiger partial charge in [0.1, 0.15) is 11.9 Å². The van der Waals surface area contributed by atoms with Gasteiger partial charge in [-0.1, -0.05) is 18.2 Å². The molecular formula is C14H16N4. The maximum atomic E-state index is 9.15. The third-order valence-corrected chi connectivity index (χ3v) is 2.76. The van der Waals surface area contributed by atoms with Crippen LogP contribution in [0.3, 0.4) is 0 Å². The fourth-order valence-electron chi connectivity index (χ4n) is 1.82. The Bertz CT molecular complexity index is 611. The number of aryl methyl sites for hydroxylation is 1. The molecule has 18 heavy (non-hydrogen) atoms. The number of hydrogen-bond acceptors (Lipinski definition) is 4. The largest absolute Gasteiger partial charge is 0.367 e. The molecule has 0 spiro atoms. The molecule has 1 unspecified atom stereocenters. The van der Waals surface area contributed by atoms with Crippen LogP contribution in [0.2, 0.25) is 0 Å². The summed E-state index contributed by atoms with van der Waals surface area (Å²) in [5.74, 6) is 0.608. The highest BCUT2D eigenvalue weighted by molar-refractivity contribution is 5.85. The van der Waals surface area contributed by atoms with E-state index >= 15 is 0 Å². The lowest BCUT2D eigenvalue weighted by molar-refractivity contribution is 0.777. The summed E-state index contributed by atoms with van der Waals surface area (Å²) in [5.41, 5.74) is 8.27. The Morgan fingerprint density at radius 3 is 2.94 bits per heavy atom. The van der Waals surface area contributed by atoms with E-state index < -0.39 is 0 Å². The molecule has 0 amide bonds. The molecule has 4 nitrogen and oxygen atoms in total. The standard InChI is InChI=1S/C14H16N4/c1-9-4-3-5-11-6-12(7-15)14(18-13(9)11)17-8-10(2)16/h3-6,10H,8,16H2,1-2H3,(H,17,18). The van der Waals surface area contributed by atoms with E-state index in [1.807, 2.05) is 38.1 Å². The van der Waals surface area contributed by atoms with Crippen LogP contribution in [0.25, 0.3) is 10.9 Å². The highest BCUT2D eigenvalue weighted by Gasteiger charge is 2.08. The highest BCUT2D eigenvalue weighted by atomic mass is 15.0. The maximum Gasteiger partial charge on any atom is 0.144 e.